The van der Waals surface area contributed by atoms with Gasteiger partial charge in [-0.2, -0.15) is 0 Å². The highest BCUT2D eigenvalue weighted by molar-refractivity contribution is 7.99. The van der Waals surface area contributed by atoms with E-state index in [9.17, 15) is 9.18 Å². The Bertz CT molecular complexity index is 999. The Morgan fingerprint density at radius 2 is 1.90 bits per heavy atom. The molecule has 1 atom stereocenters. The number of benzene rings is 2. The normalized spacial score (nSPS) is 11.8. The lowest BCUT2D eigenvalue weighted by Gasteiger charge is -2.11. The predicted molar refractivity (Wildman–Crippen MR) is 120 cm³/mol. The second-order valence-corrected chi connectivity index (χ2v) is 7.92. The molecule has 3 aromatic rings. The number of nitrogens with one attached hydrogen (secondary N) is 1. The lowest BCUT2D eigenvalue weighted by atomic mass is 9.99. The standard InChI is InChI=1S/C23H25FN4OS/c1-4-14-28-22(18-6-10-19(24)11-7-18)26-27-23(28)30-15-21(29)25-20-12-8-17(9-13-20)16(3)5-2/h4,6-13,16H,1,5,14-15H2,2-3H3,(H,25,29). The molecule has 1 aromatic heterocycles. The minimum absolute atomic E-state index is 0.118. The van der Waals surface area contributed by atoms with E-state index in [1.54, 1.807) is 18.2 Å². The van der Waals surface area contributed by atoms with E-state index < -0.39 is 0 Å². The highest BCUT2D eigenvalue weighted by Gasteiger charge is 2.15. The maximum atomic E-state index is 13.2. The number of anilines is 1. The smallest absolute Gasteiger partial charge is 0.234 e. The second-order valence-electron chi connectivity index (χ2n) is 6.98. The molecule has 0 bridgehead atoms. The van der Waals surface area contributed by atoms with Crippen molar-refractivity contribution in [1.82, 2.24) is 14.8 Å². The zero-order chi connectivity index (χ0) is 21.5. The monoisotopic (exact) mass is 424 g/mol. The first-order valence-electron chi connectivity index (χ1n) is 9.84. The molecule has 30 heavy (non-hydrogen) atoms. The summed E-state index contributed by atoms with van der Waals surface area (Å²) in [5.74, 6) is 0.881. The maximum absolute atomic E-state index is 13.2. The average molecular weight is 425 g/mol. The first-order chi connectivity index (χ1) is 14.5. The number of hydrogen-bond acceptors (Lipinski definition) is 4. The summed E-state index contributed by atoms with van der Waals surface area (Å²) in [5.41, 5.74) is 2.78. The van der Waals surface area contributed by atoms with Crippen molar-refractivity contribution < 1.29 is 9.18 Å². The van der Waals surface area contributed by atoms with Crippen molar-refractivity contribution in [3.05, 3.63) is 72.6 Å². The quantitative estimate of drug-likeness (QED) is 0.363. The van der Waals surface area contributed by atoms with Crippen LogP contribution in [0.3, 0.4) is 0 Å². The Labute approximate surface area is 180 Å². The molecule has 3 rings (SSSR count). The molecule has 2 aromatic carbocycles. The summed E-state index contributed by atoms with van der Waals surface area (Å²) in [6.45, 7) is 8.61. The number of amides is 1. The fourth-order valence-electron chi connectivity index (χ4n) is 2.96. The van der Waals surface area contributed by atoms with Gasteiger partial charge in [-0.1, -0.05) is 43.8 Å². The summed E-state index contributed by atoms with van der Waals surface area (Å²) >= 11 is 1.30. The van der Waals surface area contributed by atoms with Crippen LogP contribution in [0.15, 0.2) is 66.3 Å². The molecule has 0 fully saturated rings. The van der Waals surface area contributed by atoms with Crippen LogP contribution in [0, 0.1) is 5.82 Å². The fourth-order valence-corrected chi connectivity index (χ4v) is 3.71. The van der Waals surface area contributed by atoms with Crippen molar-refractivity contribution in [2.45, 2.75) is 37.9 Å². The largest absolute Gasteiger partial charge is 0.325 e. The van der Waals surface area contributed by atoms with E-state index in [0.717, 1.165) is 17.7 Å². The molecule has 0 saturated heterocycles. The van der Waals surface area contributed by atoms with Crippen molar-refractivity contribution >= 4 is 23.4 Å². The molecule has 1 N–H and O–H groups in total. The Morgan fingerprint density at radius 1 is 1.20 bits per heavy atom. The highest BCUT2D eigenvalue weighted by Crippen LogP contribution is 2.25. The zero-order valence-electron chi connectivity index (χ0n) is 17.1. The highest BCUT2D eigenvalue weighted by atomic mass is 32.2. The lowest BCUT2D eigenvalue weighted by Crippen LogP contribution is -2.14. The number of thioether (sulfide) groups is 1. The van der Waals surface area contributed by atoms with Crippen LogP contribution in [-0.2, 0) is 11.3 Å². The molecule has 0 saturated carbocycles. The van der Waals surface area contributed by atoms with Crippen molar-refractivity contribution in [2.75, 3.05) is 11.1 Å². The summed E-state index contributed by atoms with van der Waals surface area (Å²) in [6.07, 6.45) is 2.81. The number of halogens is 1. The van der Waals surface area contributed by atoms with Gasteiger partial charge in [0.1, 0.15) is 5.82 Å². The van der Waals surface area contributed by atoms with Gasteiger partial charge in [-0.05, 0) is 54.3 Å². The van der Waals surface area contributed by atoms with Gasteiger partial charge < -0.3 is 5.32 Å². The number of carbonyl (C=O) groups is 1. The summed E-state index contributed by atoms with van der Waals surface area (Å²) in [6, 6.07) is 14.0. The van der Waals surface area contributed by atoms with Crippen LogP contribution in [0.5, 0.6) is 0 Å². The third-order valence-corrected chi connectivity index (χ3v) is 5.81. The summed E-state index contributed by atoms with van der Waals surface area (Å²) in [5, 5.41) is 11.9. The molecular formula is C23H25FN4OS. The van der Waals surface area contributed by atoms with Gasteiger partial charge >= 0.3 is 0 Å². The molecule has 1 unspecified atom stereocenters. The Balaban J connectivity index is 1.65. The number of allylic oxidation sites excluding steroid dienone is 1. The summed E-state index contributed by atoms with van der Waals surface area (Å²) in [7, 11) is 0. The van der Waals surface area contributed by atoms with Crippen LogP contribution in [0.25, 0.3) is 11.4 Å². The van der Waals surface area contributed by atoms with Gasteiger partial charge in [-0.15, -0.1) is 16.8 Å². The Morgan fingerprint density at radius 3 is 2.53 bits per heavy atom. The summed E-state index contributed by atoms with van der Waals surface area (Å²) < 4.78 is 15.1. The third kappa shape index (κ3) is 5.36. The molecule has 0 radical (unpaired) electrons. The fraction of sp³-hybridized carbons (Fsp3) is 0.261. The molecule has 5 nitrogen and oxygen atoms in total. The lowest BCUT2D eigenvalue weighted by molar-refractivity contribution is -0.113. The van der Waals surface area contributed by atoms with Gasteiger partial charge in [-0.3, -0.25) is 9.36 Å². The van der Waals surface area contributed by atoms with E-state index in [2.05, 4.69) is 35.9 Å². The van der Waals surface area contributed by atoms with Gasteiger partial charge in [0, 0.05) is 17.8 Å². The van der Waals surface area contributed by atoms with Crippen molar-refractivity contribution in [1.29, 1.82) is 0 Å². The van der Waals surface area contributed by atoms with Crippen LogP contribution >= 0.6 is 11.8 Å². The first kappa shape index (κ1) is 21.8. The predicted octanol–water partition coefficient (Wildman–Crippen LogP) is 5.51. The number of carbonyl (C=O) groups excluding carboxylic acids is 1. The second kappa shape index (κ2) is 10.2. The SMILES string of the molecule is C=CCn1c(SCC(=O)Nc2ccc(C(C)CC)cc2)nnc1-c1ccc(F)cc1. The van der Waals surface area contributed by atoms with Crippen LogP contribution < -0.4 is 5.32 Å². The van der Waals surface area contributed by atoms with E-state index in [1.165, 1.54) is 29.5 Å². The number of hydrogen-bond donors (Lipinski definition) is 1. The van der Waals surface area contributed by atoms with Gasteiger partial charge in [0.25, 0.3) is 0 Å². The topological polar surface area (TPSA) is 59.8 Å². The van der Waals surface area contributed by atoms with Crippen molar-refractivity contribution in [3.8, 4) is 11.4 Å². The van der Waals surface area contributed by atoms with E-state index in [1.807, 2.05) is 28.8 Å². The van der Waals surface area contributed by atoms with Crippen LogP contribution in [-0.4, -0.2) is 26.4 Å². The molecule has 0 aliphatic rings. The average Bonchev–Trinajstić information content (AvgIpc) is 3.15. The van der Waals surface area contributed by atoms with Crippen molar-refractivity contribution in [3.63, 3.8) is 0 Å². The molecule has 0 aliphatic heterocycles. The molecule has 0 spiro atoms. The molecule has 156 valence electrons. The van der Waals surface area contributed by atoms with E-state index >= 15 is 0 Å². The van der Waals surface area contributed by atoms with Gasteiger partial charge in [-0.25, -0.2) is 4.39 Å². The van der Waals surface area contributed by atoms with Crippen LogP contribution in [0.2, 0.25) is 0 Å². The molecular weight excluding hydrogens is 399 g/mol. The minimum atomic E-state index is -0.308. The third-order valence-electron chi connectivity index (χ3n) is 4.84. The molecule has 1 amide bonds. The van der Waals surface area contributed by atoms with E-state index in [-0.39, 0.29) is 17.5 Å². The number of rotatable bonds is 9. The summed E-state index contributed by atoms with van der Waals surface area (Å²) in [4.78, 5) is 12.4. The number of nitrogens with zero attached hydrogens (tertiary/aromatic N) is 3. The van der Waals surface area contributed by atoms with Gasteiger partial charge in [0.2, 0.25) is 5.91 Å². The van der Waals surface area contributed by atoms with Crippen LogP contribution in [0.1, 0.15) is 31.7 Å². The minimum Gasteiger partial charge on any atom is -0.325 e. The molecule has 1 heterocycles. The van der Waals surface area contributed by atoms with Crippen molar-refractivity contribution in [2.24, 2.45) is 0 Å². The van der Waals surface area contributed by atoms with Gasteiger partial charge in [0.15, 0.2) is 11.0 Å². The molecule has 7 heteroatoms. The Kier molecular flexibility index (Phi) is 7.41. The number of aromatic nitrogens is 3. The van der Waals surface area contributed by atoms with E-state index in [4.69, 9.17) is 0 Å². The van der Waals surface area contributed by atoms with Gasteiger partial charge in [0.05, 0.1) is 5.75 Å². The molecule has 0 aliphatic carbocycles. The Hall–Kier alpha value is -2.93. The van der Waals surface area contributed by atoms with Crippen LogP contribution in [0.4, 0.5) is 10.1 Å². The zero-order valence-corrected chi connectivity index (χ0v) is 18.0. The van der Waals surface area contributed by atoms with E-state index in [0.29, 0.717) is 23.4 Å². The first-order valence-corrected chi connectivity index (χ1v) is 10.8. The maximum Gasteiger partial charge on any atom is 0.234 e.